The molecule has 0 aliphatic carbocycles. The van der Waals surface area contributed by atoms with Crippen molar-refractivity contribution < 1.29 is 28.9 Å². The van der Waals surface area contributed by atoms with E-state index in [1.54, 1.807) is 4.90 Å². The van der Waals surface area contributed by atoms with Gasteiger partial charge in [-0.25, -0.2) is 4.98 Å². The molecule has 0 saturated carbocycles. The summed E-state index contributed by atoms with van der Waals surface area (Å²) in [5.41, 5.74) is 1.56. The quantitative estimate of drug-likeness (QED) is 0.355. The van der Waals surface area contributed by atoms with Crippen LogP contribution in [0.1, 0.15) is 79.8 Å². The maximum absolute atomic E-state index is 13.0. The lowest BCUT2D eigenvalue weighted by Crippen LogP contribution is -2.35. The molecule has 0 saturated heterocycles. The highest BCUT2D eigenvalue weighted by Crippen LogP contribution is 2.41. The predicted octanol–water partition coefficient (Wildman–Crippen LogP) is 7.49. The van der Waals surface area contributed by atoms with E-state index in [-0.39, 0.29) is 30.9 Å². The number of halogens is 3. The molecule has 0 spiro atoms. The summed E-state index contributed by atoms with van der Waals surface area (Å²) in [7, 11) is 0. The Bertz CT molecular complexity index is 1230. The molecular formula is C28H38F3N3O3. The third-order valence-electron chi connectivity index (χ3n) is 5.30. The Balaban J connectivity index is 0.000000568. The fraction of sp³-hybridized carbons (Fsp3) is 0.464. The Morgan fingerprint density at radius 2 is 1.73 bits per heavy atom. The molecule has 9 heteroatoms. The minimum Gasteiger partial charge on any atom is -0.460 e. The number of carbonyl (C=O) groups excluding carboxylic acids is 2. The van der Waals surface area contributed by atoms with Crippen LogP contribution in [0.25, 0.3) is 11.0 Å². The number of aromatic nitrogens is 2. The van der Waals surface area contributed by atoms with Crippen LogP contribution in [0.5, 0.6) is 0 Å². The van der Waals surface area contributed by atoms with Crippen molar-refractivity contribution in [3.05, 3.63) is 59.4 Å². The largest absolute Gasteiger partial charge is 0.460 e. The van der Waals surface area contributed by atoms with E-state index >= 15 is 0 Å². The second kappa shape index (κ2) is 11.8. The van der Waals surface area contributed by atoms with Gasteiger partial charge in [-0.15, -0.1) is 0 Å². The number of nitrogens with zero attached hydrogens (tertiary/aromatic N) is 2. The van der Waals surface area contributed by atoms with E-state index in [0.717, 1.165) is 23.4 Å². The average molecular weight is 522 g/mol. The third kappa shape index (κ3) is 7.57. The lowest BCUT2D eigenvalue weighted by atomic mass is 10.1. The summed E-state index contributed by atoms with van der Waals surface area (Å²) >= 11 is 0. The van der Waals surface area contributed by atoms with Gasteiger partial charge in [0.15, 0.2) is 0 Å². The molecule has 1 aliphatic rings. The first-order valence-corrected chi connectivity index (χ1v) is 12.3. The summed E-state index contributed by atoms with van der Waals surface area (Å²) in [5, 5.41) is 0. The number of hydrogen-bond donors (Lipinski definition) is 1. The molecule has 6 nitrogen and oxygen atoms in total. The van der Waals surface area contributed by atoms with Crippen LogP contribution in [0.4, 0.5) is 18.9 Å². The highest BCUT2D eigenvalue weighted by molar-refractivity contribution is 5.97. The normalized spacial score (nSPS) is 14.9. The summed E-state index contributed by atoms with van der Waals surface area (Å²) in [6.45, 7) is 14.6. The van der Waals surface area contributed by atoms with Gasteiger partial charge in [-0.3, -0.25) is 9.59 Å². The van der Waals surface area contributed by atoms with Gasteiger partial charge in [0, 0.05) is 26.4 Å². The van der Waals surface area contributed by atoms with Crippen molar-refractivity contribution in [2.75, 3.05) is 4.90 Å². The molecule has 1 unspecified atom stereocenters. The molecule has 2 heterocycles. The van der Waals surface area contributed by atoms with Crippen LogP contribution in [0.2, 0.25) is 0 Å². The van der Waals surface area contributed by atoms with Crippen LogP contribution in [0, 0.1) is 5.92 Å². The second-order valence-electron chi connectivity index (χ2n) is 9.77. The fourth-order valence-corrected chi connectivity index (χ4v) is 3.95. The molecule has 1 aliphatic heterocycles. The molecule has 1 atom stereocenters. The molecule has 1 amide bonds. The molecule has 37 heavy (non-hydrogen) atoms. The molecule has 4 rings (SSSR count). The van der Waals surface area contributed by atoms with E-state index in [1.807, 2.05) is 72.7 Å². The predicted molar refractivity (Wildman–Crippen MR) is 141 cm³/mol. The first-order valence-electron chi connectivity index (χ1n) is 12.3. The minimum absolute atomic E-state index is 0. The highest BCUT2D eigenvalue weighted by Gasteiger charge is 2.37. The number of amides is 1. The number of ether oxygens (including phenoxy) is 1. The van der Waals surface area contributed by atoms with Gasteiger partial charge in [0.05, 0.1) is 22.6 Å². The second-order valence-corrected chi connectivity index (χ2v) is 9.77. The Labute approximate surface area is 217 Å². The van der Waals surface area contributed by atoms with Crippen molar-refractivity contribution in [3.63, 3.8) is 0 Å². The Hall–Kier alpha value is -3.36. The standard InChI is InChI=1S/C20H18F3N3O.C6H12O2.C2H6.H2/c1-11(2)19(27)26-16-6-4-3-5-12(16)9-17(26)18-24-14-8-7-13(20(21,22)23)10-15(14)25-18;1-5(7)8-6(2,3)4;1-2;/h3-8,10-11,17H,9H2,1-2H3,(H,24,25);1-4H3;1-2H3;1H. The Morgan fingerprint density at radius 1 is 1.11 bits per heavy atom. The molecule has 0 fully saturated rings. The molecule has 1 aromatic heterocycles. The van der Waals surface area contributed by atoms with Crippen LogP contribution in [0.3, 0.4) is 0 Å². The van der Waals surface area contributed by atoms with Gasteiger partial charge in [-0.1, -0.05) is 45.9 Å². The molecule has 1 N–H and O–H groups in total. The van der Waals surface area contributed by atoms with Crippen LogP contribution >= 0.6 is 0 Å². The number of hydrogen-bond acceptors (Lipinski definition) is 4. The van der Waals surface area contributed by atoms with Crippen LogP contribution < -0.4 is 4.90 Å². The molecule has 0 radical (unpaired) electrons. The zero-order valence-electron chi connectivity index (χ0n) is 22.7. The molecular weight excluding hydrogens is 483 g/mol. The molecule has 0 bridgehead atoms. The van der Waals surface area contributed by atoms with Gasteiger partial charge < -0.3 is 14.6 Å². The maximum atomic E-state index is 13.0. The van der Waals surface area contributed by atoms with Gasteiger partial charge in [0.1, 0.15) is 11.4 Å². The lowest BCUT2D eigenvalue weighted by molar-refractivity contribution is -0.152. The number of H-pyrrole nitrogens is 1. The van der Waals surface area contributed by atoms with E-state index in [1.165, 1.54) is 13.0 Å². The van der Waals surface area contributed by atoms with Crippen LogP contribution in [0.15, 0.2) is 42.5 Å². The number of esters is 1. The van der Waals surface area contributed by atoms with E-state index in [2.05, 4.69) is 9.97 Å². The number of alkyl halides is 3. The van der Waals surface area contributed by atoms with Crippen molar-refractivity contribution in [1.29, 1.82) is 0 Å². The summed E-state index contributed by atoms with van der Waals surface area (Å²) in [6.07, 6.45) is -3.84. The summed E-state index contributed by atoms with van der Waals surface area (Å²) < 4.78 is 43.7. The van der Waals surface area contributed by atoms with Crippen molar-refractivity contribution in [1.82, 2.24) is 9.97 Å². The van der Waals surface area contributed by atoms with Crippen LogP contribution in [-0.2, 0) is 26.9 Å². The number of para-hydroxylation sites is 1. The number of benzene rings is 2. The van der Waals surface area contributed by atoms with Gasteiger partial charge in [0.25, 0.3) is 0 Å². The summed E-state index contributed by atoms with van der Waals surface area (Å²) in [6, 6.07) is 10.7. The molecule has 204 valence electrons. The number of aromatic amines is 1. The van der Waals surface area contributed by atoms with Gasteiger partial charge in [-0.2, -0.15) is 13.2 Å². The topological polar surface area (TPSA) is 75.3 Å². The number of imidazole rings is 1. The number of rotatable bonds is 2. The fourth-order valence-electron chi connectivity index (χ4n) is 3.95. The average Bonchev–Trinajstić information content (AvgIpc) is 3.39. The third-order valence-corrected chi connectivity index (χ3v) is 5.30. The zero-order chi connectivity index (χ0) is 28.1. The van der Waals surface area contributed by atoms with Crippen LogP contribution in [-0.4, -0.2) is 27.4 Å². The van der Waals surface area contributed by atoms with Crippen molar-refractivity contribution in [2.24, 2.45) is 5.92 Å². The van der Waals surface area contributed by atoms with E-state index in [9.17, 15) is 22.8 Å². The first kappa shape index (κ1) is 29.9. The summed E-state index contributed by atoms with van der Waals surface area (Å²) in [5.74, 6) is 0.0216. The molecule has 3 aromatic rings. The van der Waals surface area contributed by atoms with Crippen molar-refractivity contribution in [3.8, 4) is 0 Å². The molecule has 2 aromatic carbocycles. The summed E-state index contributed by atoms with van der Waals surface area (Å²) in [4.78, 5) is 32.3. The Kier molecular flexibility index (Phi) is 9.52. The SMILES string of the molecule is CC.CC(=O)OC(C)(C)C.CC(C)C(=O)N1c2ccccc2CC1c1nc2ccc(C(F)(F)F)cc2[nH]1.[HH]. The smallest absolute Gasteiger partial charge is 0.416 e. The Morgan fingerprint density at radius 3 is 2.24 bits per heavy atom. The van der Waals surface area contributed by atoms with E-state index in [4.69, 9.17) is 4.74 Å². The monoisotopic (exact) mass is 521 g/mol. The van der Waals surface area contributed by atoms with Gasteiger partial charge in [-0.05, 0) is 50.6 Å². The van der Waals surface area contributed by atoms with Gasteiger partial charge in [0.2, 0.25) is 5.91 Å². The minimum atomic E-state index is -4.41. The zero-order valence-corrected chi connectivity index (χ0v) is 22.7. The maximum Gasteiger partial charge on any atom is 0.416 e. The number of nitrogens with one attached hydrogen (secondary N) is 1. The number of anilines is 1. The van der Waals surface area contributed by atoms with Crippen molar-refractivity contribution >= 4 is 28.6 Å². The lowest BCUT2D eigenvalue weighted by Gasteiger charge is -2.26. The van der Waals surface area contributed by atoms with E-state index in [0.29, 0.717) is 23.3 Å². The first-order chi connectivity index (χ1) is 17.2. The number of carbonyl (C=O) groups is 2. The van der Waals surface area contributed by atoms with E-state index < -0.39 is 11.7 Å². The van der Waals surface area contributed by atoms with Crippen molar-refractivity contribution in [2.45, 2.75) is 79.6 Å². The highest BCUT2D eigenvalue weighted by atomic mass is 19.4. The number of fused-ring (bicyclic) bond motifs is 2. The van der Waals surface area contributed by atoms with Gasteiger partial charge >= 0.3 is 12.1 Å².